The van der Waals surface area contributed by atoms with Crippen molar-refractivity contribution < 1.29 is 9.53 Å². The minimum Gasteiger partial charge on any atom is -0.476 e. The zero-order chi connectivity index (χ0) is 16.9. The van der Waals surface area contributed by atoms with Crippen molar-refractivity contribution in [2.24, 2.45) is 7.05 Å². The highest BCUT2D eigenvalue weighted by molar-refractivity contribution is 5.91. The monoisotopic (exact) mass is 325 g/mol. The predicted molar refractivity (Wildman–Crippen MR) is 90.9 cm³/mol. The first-order chi connectivity index (χ1) is 11.7. The number of aryl methyl sites for hydroxylation is 1. The first-order valence-corrected chi connectivity index (χ1v) is 7.83. The van der Waals surface area contributed by atoms with Crippen LogP contribution in [0.15, 0.2) is 36.7 Å². The van der Waals surface area contributed by atoms with E-state index in [0.29, 0.717) is 23.7 Å². The van der Waals surface area contributed by atoms with Crippen molar-refractivity contribution >= 4 is 23.0 Å². The van der Waals surface area contributed by atoms with E-state index in [-0.39, 0.29) is 18.3 Å². The number of hydrogen-bond acceptors (Lipinski definition) is 5. The predicted octanol–water partition coefficient (Wildman–Crippen LogP) is 2.33. The van der Waals surface area contributed by atoms with Crippen LogP contribution in [0.25, 0.3) is 11.2 Å². The average Bonchev–Trinajstić information content (AvgIpc) is 2.95. The molecule has 3 rings (SSSR count). The number of carbonyl (C=O) groups is 1. The number of imidazole rings is 1. The maximum atomic E-state index is 12.2. The maximum Gasteiger partial charge on any atom is 0.247 e. The lowest BCUT2D eigenvalue weighted by atomic mass is 10.1. The molecule has 3 aromatic rings. The van der Waals surface area contributed by atoms with Crippen LogP contribution in [0.2, 0.25) is 0 Å². The molecule has 1 aromatic carbocycles. The summed E-state index contributed by atoms with van der Waals surface area (Å²) in [7, 11) is 1.83. The standard InChI is InChI=1S/C17H19N5O2/c1-3-9-24-16-14-15(22(2)11-18-14)20-17(21-16)19-13(23)10-12-7-5-4-6-8-12/h4-8,11H,3,9-10H2,1-2H3,(H,19,20,21,23). The van der Waals surface area contributed by atoms with E-state index in [4.69, 9.17) is 4.74 Å². The Kier molecular flexibility index (Phi) is 4.69. The molecule has 0 fully saturated rings. The highest BCUT2D eigenvalue weighted by Crippen LogP contribution is 2.22. The van der Waals surface area contributed by atoms with Gasteiger partial charge < -0.3 is 9.30 Å². The molecule has 0 radical (unpaired) electrons. The normalized spacial score (nSPS) is 10.8. The number of ether oxygens (including phenoxy) is 1. The molecule has 2 aromatic heterocycles. The molecule has 1 amide bonds. The van der Waals surface area contributed by atoms with Gasteiger partial charge in [-0.25, -0.2) is 4.98 Å². The minimum absolute atomic E-state index is 0.177. The number of carbonyl (C=O) groups excluding carboxylic acids is 1. The van der Waals surface area contributed by atoms with Gasteiger partial charge in [0.25, 0.3) is 0 Å². The van der Waals surface area contributed by atoms with Crippen LogP contribution in [-0.4, -0.2) is 32.0 Å². The Bertz CT molecular complexity index is 845. The fraction of sp³-hybridized carbons (Fsp3) is 0.294. The fourth-order valence-corrected chi connectivity index (χ4v) is 2.29. The van der Waals surface area contributed by atoms with Gasteiger partial charge in [0.15, 0.2) is 11.2 Å². The molecule has 0 bridgehead atoms. The number of amides is 1. The third-order valence-corrected chi connectivity index (χ3v) is 3.43. The van der Waals surface area contributed by atoms with Crippen molar-refractivity contribution in [2.45, 2.75) is 19.8 Å². The minimum atomic E-state index is -0.177. The van der Waals surface area contributed by atoms with Crippen LogP contribution in [0.3, 0.4) is 0 Å². The lowest BCUT2D eigenvalue weighted by Gasteiger charge is -2.08. The van der Waals surface area contributed by atoms with Gasteiger partial charge in [-0.1, -0.05) is 37.3 Å². The Morgan fingerprint density at radius 3 is 2.79 bits per heavy atom. The van der Waals surface area contributed by atoms with Crippen LogP contribution in [-0.2, 0) is 18.3 Å². The lowest BCUT2D eigenvalue weighted by Crippen LogP contribution is -2.17. The molecule has 2 heterocycles. The Morgan fingerprint density at radius 2 is 2.04 bits per heavy atom. The van der Waals surface area contributed by atoms with E-state index in [1.165, 1.54) is 0 Å². The van der Waals surface area contributed by atoms with E-state index < -0.39 is 0 Å². The van der Waals surface area contributed by atoms with E-state index in [2.05, 4.69) is 20.3 Å². The third kappa shape index (κ3) is 3.51. The molecule has 0 atom stereocenters. The third-order valence-electron chi connectivity index (χ3n) is 3.43. The molecule has 0 aliphatic carbocycles. The summed E-state index contributed by atoms with van der Waals surface area (Å²) in [6.07, 6.45) is 2.76. The van der Waals surface area contributed by atoms with Gasteiger partial charge in [0.1, 0.15) is 0 Å². The van der Waals surface area contributed by atoms with Crippen molar-refractivity contribution in [1.29, 1.82) is 0 Å². The van der Waals surface area contributed by atoms with Crippen LogP contribution in [0.4, 0.5) is 5.95 Å². The first-order valence-electron chi connectivity index (χ1n) is 7.83. The van der Waals surface area contributed by atoms with Crippen molar-refractivity contribution in [1.82, 2.24) is 19.5 Å². The molecule has 124 valence electrons. The van der Waals surface area contributed by atoms with Crippen molar-refractivity contribution in [3.05, 3.63) is 42.2 Å². The largest absolute Gasteiger partial charge is 0.476 e. The van der Waals surface area contributed by atoms with Gasteiger partial charge in [-0.05, 0) is 12.0 Å². The smallest absolute Gasteiger partial charge is 0.247 e. The number of anilines is 1. The van der Waals surface area contributed by atoms with Crippen LogP contribution in [0.5, 0.6) is 5.88 Å². The second-order valence-corrected chi connectivity index (χ2v) is 5.44. The Balaban J connectivity index is 1.83. The fourth-order valence-electron chi connectivity index (χ4n) is 2.29. The molecule has 1 N–H and O–H groups in total. The van der Waals surface area contributed by atoms with E-state index in [9.17, 15) is 4.79 Å². The molecule has 7 heteroatoms. The number of benzene rings is 1. The van der Waals surface area contributed by atoms with Gasteiger partial charge in [0.05, 0.1) is 19.4 Å². The first kappa shape index (κ1) is 15.9. The molecular weight excluding hydrogens is 306 g/mol. The highest BCUT2D eigenvalue weighted by atomic mass is 16.5. The van der Waals surface area contributed by atoms with E-state index in [0.717, 1.165) is 12.0 Å². The van der Waals surface area contributed by atoms with Gasteiger partial charge >= 0.3 is 0 Å². The number of fused-ring (bicyclic) bond motifs is 1. The number of nitrogens with zero attached hydrogens (tertiary/aromatic N) is 4. The van der Waals surface area contributed by atoms with Gasteiger partial charge in [-0.15, -0.1) is 0 Å². The molecule has 0 aliphatic heterocycles. The molecule has 0 unspecified atom stereocenters. The number of aromatic nitrogens is 4. The zero-order valence-corrected chi connectivity index (χ0v) is 13.7. The zero-order valence-electron chi connectivity index (χ0n) is 13.7. The second-order valence-electron chi connectivity index (χ2n) is 5.44. The van der Waals surface area contributed by atoms with E-state index in [1.807, 2.05) is 44.3 Å². The Morgan fingerprint density at radius 1 is 1.25 bits per heavy atom. The maximum absolute atomic E-state index is 12.2. The summed E-state index contributed by atoms with van der Waals surface area (Å²) in [6, 6.07) is 9.52. The SMILES string of the molecule is CCCOc1nc(NC(=O)Cc2ccccc2)nc2c1ncn2C. The quantitative estimate of drug-likeness (QED) is 0.752. The second kappa shape index (κ2) is 7.08. The summed E-state index contributed by atoms with van der Waals surface area (Å²) in [5, 5.41) is 2.73. The van der Waals surface area contributed by atoms with Crippen LogP contribution < -0.4 is 10.1 Å². The number of rotatable bonds is 6. The Labute approximate surface area is 139 Å². The van der Waals surface area contributed by atoms with Crippen molar-refractivity contribution in [3.8, 4) is 5.88 Å². The molecule has 0 saturated heterocycles. The highest BCUT2D eigenvalue weighted by Gasteiger charge is 2.15. The van der Waals surface area contributed by atoms with E-state index in [1.54, 1.807) is 10.9 Å². The van der Waals surface area contributed by atoms with Crippen molar-refractivity contribution in [2.75, 3.05) is 11.9 Å². The topological polar surface area (TPSA) is 81.9 Å². The summed E-state index contributed by atoms with van der Waals surface area (Å²) in [4.78, 5) is 25.1. The lowest BCUT2D eigenvalue weighted by molar-refractivity contribution is -0.115. The summed E-state index contributed by atoms with van der Waals surface area (Å²) >= 11 is 0. The summed E-state index contributed by atoms with van der Waals surface area (Å²) in [5.41, 5.74) is 2.14. The van der Waals surface area contributed by atoms with Crippen LogP contribution >= 0.6 is 0 Å². The van der Waals surface area contributed by atoms with Crippen molar-refractivity contribution in [3.63, 3.8) is 0 Å². The molecule has 0 aliphatic rings. The molecule has 24 heavy (non-hydrogen) atoms. The summed E-state index contributed by atoms with van der Waals surface area (Å²) < 4.78 is 7.41. The van der Waals surface area contributed by atoms with E-state index >= 15 is 0 Å². The summed E-state index contributed by atoms with van der Waals surface area (Å²) in [5.74, 6) is 0.430. The molecular formula is C17H19N5O2. The molecule has 0 spiro atoms. The summed E-state index contributed by atoms with van der Waals surface area (Å²) in [6.45, 7) is 2.54. The van der Waals surface area contributed by atoms with Gasteiger partial charge in [0, 0.05) is 7.05 Å². The van der Waals surface area contributed by atoms with Crippen LogP contribution in [0, 0.1) is 0 Å². The molecule has 0 saturated carbocycles. The van der Waals surface area contributed by atoms with Gasteiger partial charge in [-0.2, -0.15) is 9.97 Å². The number of nitrogens with one attached hydrogen (secondary N) is 1. The van der Waals surface area contributed by atoms with Gasteiger partial charge in [-0.3, -0.25) is 10.1 Å². The average molecular weight is 325 g/mol. The molecule has 7 nitrogen and oxygen atoms in total. The van der Waals surface area contributed by atoms with Crippen LogP contribution in [0.1, 0.15) is 18.9 Å². The Hall–Kier alpha value is -2.96. The van der Waals surface area contributed by atoms with Gasteiger partial charge in [0.2, 0.25) is 17.7 Å². The number of hydrogen-bond donors (Lipinski definition) is 1.